The highest BCUT2D eigenvalue weighted by atomic mass is 32.2. The molecular weight excluding hydrogens is 413 g/mol. The number of carbonyl (C=O) groups excluding carboxylic acids is 1. The molecule has 0 aromatic heterocycles. The van der Waals surface area contributed by atoms with E-state index in [1.54, 1.807) is 12.1 Å². The Morgan fingerprint density at radius 2 is 1.79 bits per heavy atom. The number of hydrogen-bond donors (Lipinski definition) is 1. The van der Waals surface area contributed by atoms with Gasteiger partial charge in [-0.25, -0.2) is 8.42 Å². The van der Waals surface area contributed by atoms with Crippen molar-refractivity contribution in [3.8, 4) is 0 Å². The molecule has 0 radical (unpaired) electrons. The van der Waals surface area contributed by atoms with E-state index in [0.29, 0.717) is 0 Å². The van der Waals surface area contributed by atoms with Crippen LogP contribution >= 0.6 is 11.8 Å². The van der Waals surface area contributed by atoms with Crippen LogP contribution in [0.3, 0.4) is 0 Å². The quantitative estimate of drug-likeness (QED) is 0.682. The van der Waals surface area contributed by atoms with E-state index in [0.717, 1.165) is 21.3 Å². The van der Waals surface area contributed by atoms with Crippen LogP contribution in [0.2, 0.25) is 0 Å². The third kappa shape index (κ3) is 5.73. The second kappa shape index (κ2) is 8.97. The third-order valence-corrected chi connectivity index (χ3v) is 6.44. The van der Waals surface area contributed by atoms with Crippen molar-refractivity contribution >= 4 is 27.7 Å². The number of sulfonamides is 1. The van der Waals surface area contributed by atoms with Crippen LogP contribution in [0.15, 0.2) is 58.3 Å². The zero-order chi connectivity index (χ0) is 20.9. The Labute approximate surface area is 166 Å². The predicted molar refractivity (Wildman–Crippen MR) is 101 cm³/mol. The maximum absolute atomic E-state index is 12.7. The van der Waals surface area contributed by atoms with Crippen molar-refractivity contribution in [1.29, 1.82) is 0 Å². The summed E-state index contributed by atoms with van der Waals surface area (Å²) in [6.07, 6.45) is -2.61. The number of rotatable bonds is 7. The number of nitrogens with one attached hydrogen (secondary N) is 1. The van der Waals surface area contributed by atoms with Gasteiger partial charge in [-0.2, -0.15) is 17.5 Å². The summed E-state index contributed by atoms with van der Waals surface area (Å²) in [4.78, 5) is 13.0. The van der Waals surface area contributed by atoms with Gasteiger partial charge in [-0.3, -0.25) is 4.79 Å². The summed E-state index contributed by atoms with van der Waals surface area (Å²) in [5.41, 5.74) is -0.547. The Balaban J connectivity index is 1.98. The largest absolute Gasteiger partial charge is 0.416 e. The van der Waals surface area contributed by atoms with Crippen molar-refractivity contribution < 1.29 is 26.4 Å². The summed E-state index contributed by atoms with van der Waals surface area (Å²) in [5.74, 6) is -0.621. The molecule has 10 heteroatoms. The Hall–Kier alpha value is -2.04. The average molecular weight is 432 g/mol. The van der Waals surface area contributed by atoms with Crippen molar-refractivity contribution in [1.82, 2.24) is 9.62 Å². The van der Waals surface area contributed by atoms with Crippen molar-refractivity contribution in [3.05, 3.63) is 59.7 Å². The van der Waals surface area contributed by atoms with Crippen molar-refractivity contribution in [2.45, 2.75) is 22.5 Å². The molecule has 0 saturated heterocycles. The minimum Gasteiger partial charge on any atom is -0.351 e. The van der Waals surface area contributed by atoms with Crippen LogP contribution in [-0.4, -0.2) is 38.5 Å². The second-order valence-electron chi connectivity index (χ2n) is 5.91. The van der Waals surface area contributed by atoms with Gasteiger partial charge in [0.25, 0.3) is 0 Å². The monoisotopic (exact) mass is 432 g/mol. The van der Waals surface area contributed by atoms with Crippen molar-refractivity contribution in [2.75, 3.05) is 19.8 Å². The van der Waals surface area contributed by atoms with Gasteiger partial charge >= 0.3 is 6.18 Å². The van der Waals surface area contributed by atoms with Gasteiger partial charge in [0.1, 0.15) is 0 Å². The van der Waals surface area contributed by atoms with Crippen molar-refractivity contribution in [3.63, 3.8) is 0 Å². The number of halogens is 3. The summed E-state index contributed by atoms with van der Waals surface area (Å²) in [7, 11) is -2.59. The molecule has 0 aliphatic carbocycles. The molecule has 2 rings (SSSR count). The van der Waals surface area contributed by atoms with Crippen LogP contribution in [0.5, 0.6) is 0 Å². The second-order valence-corrected chi connectivity index (χ2v) is 8.84. The molecule has 0 fully saturated rings. The molecule has 0 atom stereocenters. The predicted octanol–water partition coefficient (Wildman–Crippen LogP) is 3.36. The summed E-state index contributed by atoms with van der Waals surface area (Å²) in [6, 6.07) is 10.8. The first kappa shape index (κ1) is 22.3. The van der Waals surface area contributed by atoms with Crippen LogP contribution in [0.25, 0.3) is 0 Å². The molecule has 28 heavy (non-hydrogen) atoms. The zero-order valence-corrected chi connectivity index (χ0v) is 16.8. The molecule has 152 valence electrons. The minimum absolute atomic E-state index is 0.0541. The van der Waals surface area contributed by atoms with Gasteiger partial charge in [-0.05, 0) is 48.2 Å². The molecule has 0 spiro atoms. The number of thioether (sulfide) groups is 1. The smallest absolute Gasteiger partial charge is 0.351 e. The lowest BCUT2D eigenvalue weighted by Crippen LogP contribution is -2.38. The van der Waals surface area contributed by atoms with Gasteiger partial charge in [-0.1, -0.05) is 12.1 Å². The number of alkyl halides is 3. The normalized spacial score (nSPS) is 12.2. The van der Waals surface area contributed by atoms with E-state index in [-0.39, 0.29) is 17.0 Å². The third-order valence-electron chi connectivity index (χ3n) is 3.88. The Morgan fingerprint density at radius 1 is 1.14 bits per heavy atom. The van der Waals surface area contributed by atoms with Crippen LogP contribution < -0.4 is 5.32 Å². The fourth-order valence-electron chi connectivity index (χ4n) is 2.33. The number of nitrogens with zero attached hydrogens (tertiary/aromatic N) is 1. The molecule has 2 aromatic rings. The first-order valence-electron chi connectivity index (χ1n) is 8.07. The van der Waals surface area contributed by atoms with Gasteiger partial charge in [0, 0.05) is 18.5 Å². The van der Waals surface area contributed by atoms with Crippen LogP contribution in [-0.2, 0) is 27.5 Å². The molecular formula is C18H19F3N2O3S2. The van der Waals surface area contributed by atoms with E-state index >= 15 is 0 Å². The highest BCUT2D eigenvalue weighted by Gasteiger charge is 2.30. The topological polar surface area (TPSA) is 66.5 Å². The Kier molecular flexibility index (Phi) is 7.13. The minimum atomic E-state index is -4.47. The van der Waals surface area contributed by atoms with Crippen LogP contribution in [0.4, 0.5) is 13.2 Å². The summed E-state index contributed by atoms with van der Waals surface area (Å²) in [5, 5.41) is 2.43. The fourth-order valence-corrected chi connectivity index (χ4v) is 3.86. The molecule has 0 bridgehead atoms. The zero-order valence-electron chi connectivity index (χ0n) is 15.2. The average Bonchev–Trinajstić information content (AvgIpc) is 2.66. The molecule has 2 aromatic carbocycles. The summed E-state index contributed by atoms with van der Waals surface area (Å²) in [6.45, 7) is -0.593. The first-order valence-corrected chi connectivity index (χ1v) is 10.7. The highest BCUT2D eigenvalue weighted by molar-refractivity contribution is 7.98. The van der Waals surface area contributed by atoms with Gasteiger partial charge in [0.15, 0.2) is 0 Å². The molecule has 0 aliphatic rings. The molecule has 1 N–H and O–H groups in total. The van der Waals surface area contributed by atoms with E-state index in [2.05, 4.69) is 5.32 Å². The standard InChI is InChI=1S/C18H19F3N2O3S2/c1-23(28(25,26)16-8-6-15(27-2)7-9-16)12-17(24)22-11-13-4-3-5-14(10-13)18(19,20)21/h3-10H,11-12H2,1-2H3,(H,22,24). The van der Waals surface area contributed by atoms with Crippen LogP contribution in [0, 0.1) is 0 Å². The van der Waals surface area contributed by atoms with Crippen molar-refractivity contribution in [2.24, 2.45) is 0 Å². The number of benzene rings is 2. The van der Waals surface area contributed by atoms with Crippen LogP contribution in [0.1, 0.15) is 11.1 Å². The molecule has 0 unspecified atom stereocenters. The molecule has 0 saturated carbocycles. The van der Waals surface area contributed by atoms with E-state index in [1.165, 1.54) is 43.1 Å². The maximum Gasteiger partial charge on any atom is 0.416 e. The lowest BCUT2D eigenvalue weighted by molar-refractivity contribution is -0.137. The molecule has 5 nitrogen and oxygen atoms in total. The highest BCUT2D eigenvalue weighted by Crippen LogP contribution is 2.29. The number of hydrogen-bond acceptors (Lipinski definition) is 4. The van der Waals surface area contributed by atoms with Gasteiger partial charge in [0.2, 0.25) is 15.9 Å². The van der Waals surface area contributed by atoms with E-state index in [9.17, 15) is 26.4 Å². The fraction of sp³-hybridized carbons (Fsp3) is 0.278. The maximum atomic E-state index is 12.7. The lowest BCUT2D eigenvalue weighted by atomic mass is 10.1. The lowest BCUT2D eigenvalue weighted by Gasteiger charge is -2.17. The first-order chi connectivity index (χ1) is 13.0. The summed E-state index contributed by atoms with van der Waals surface area (Å²) < 4.78 is 64.1. The SMILES string of the molecule is CSc1ccc(S(=O)(=O)N(C)CC(=O)NCc2cccc(C(F)(F)F)c2)cc1. The number of carbonyl (C=O) groups is 1. The number of likely N-dealkylation sites (N-methyl/N-ethyl adjacent to an activating group) is 1. The Morgan fingerprint density at radius 3 is 2.36 bits per heavy atom. The van der Waals surface area contributed by atoms with Gasteiger partial charge < -0.3 is 5.32 Å². The van der Waals surface area contributed by atoms with Gasteiger partial charge in [-0.15, -0.1) is 11.8 Å². The van der Waals surface area contributed by atoms with E-state index in [1.807, 2.05) is 6.26 Å². The van der Waals surface area contributed by atoms with E-state index < -0.39 is 34.2 Å². The number of amides is 1. The van der Waals surface area contributed by atoms with E-state index in [4.69, 9.17) is 0 Å². The molecule has 0 heterocycles. The Bertz CT molecular complexity index is 930. The molecule has 0 aliphatic heterocycles. The summed E-state index contributed by atoms with van der Waals surface area (Å²) >= 11 is 1.47. The van der Waals surface area contributed by atoms with Gasteiger partial charge in [0.05, 0.1) is 17.0 Å². The molecule has 1 amide bonds.